The van der Waals surface area contributed by atoms with Crippen LogP contribution in [0, 0.1) is 6.92 Å². The fourth-order valence-corrected chi connectivity index (χ4v) is 3.39. The summed E-state index contributed by atoms with van der Waals surface area (Å²) in [6.07, 6.45) is 3.24. The molecule has 0 saturated carbocycles. The molecule has 1 N–H and O–H groups in total. The van der Waals surface area contributed by atoms with Crippen molar-refractivity contribution in [3.05, 3.63) is 77.9 Å². The van der Waals surface area contributed by atoms with Crippen LogP contribution in [0.4, 0.5) is 4.79 Å². The maximum absolute atomic E-state index is 11.1. The lowest BCUT2D eigenvalue weighted by atomic mass is 10.1. The van der Waals surface area contributed by atoms with Gasteiger partial charge in [-0.25, -0.2) is 9.78 Å². The number of ether oxygens (including phenoxy) is 1. The lowest BCUT2D eigenvalue weighted by molar-refractivity contribution is 0.0863. The van der Waals surface area contributed by atoms with Gasteiger partial charge in [-0.05, 0) is 19.1 Å². The molecule has 1 amide bonds. The number of likely N-dealkylation sites (tertiary alicyclic amines) is 1. The van der Waals surface area contributed by atoms with E-state index in [1.165, 1.54) is 11.2 Å². The van der Waals surface area contributed by atoms with E-state index in [-0.39, 0.29) is 12.0 Å². The first-order valence-corrected chi connectivity index (χ1v) is 10.3. The lowest BCUT2D eigenvalue weighted by Crippen LogP contribution is -2.41. The van der Waals surface area contributed by atoms with Crippen LogP contribution in [0.3, 0.4) is 0 Å². The summed E-state index contributed by atoms with van der Waals surface area (Å²) in [6, 6.07) is 15.2. The van der Waals surface area contributed by atoms with Gasteiger partial charge in [0.15, 0.2) is 0 Å². The standard InChI is InChI=1S/C23H23N5O4/c1-16-21(31-18-10-13-28(14-11-18)23(29)30)25-15-26-22(16)32-27-20(17-7-3-2-4-8-17)19-9-5-6-12-24-19/h2-9,12,15,18H,10-11,13-14H2,1H3,(H,29,30). The van der Waals surface area contributed by atoms with Crippen LogP contribution in [-0.2, 0) is 0 Å². The summed E-state index contributed by atoms with van der Waals surface area (Å²) in [5, 5.41) is 13.4. The molecule has 0 radical (unpaired) electrons. The summed E-state index contributed by atoms with van der Waals surface area (Å²) in [6.45, 7) is 2.67. The first-order valence-electron chi connectivity index (χ1n) is 10.3. The molecule has 32 heavy (non-hydrogen) atoms. The summed E-state index contributed by atoms with van der Waals surface area (Å²) in [5.74, 6) is 0.681. The zero-order valence-electron chi connectivity index (χ0n) is 17.6. The molecule has 0 unspecified atom stereocenters. The van der Waals surface area contributed by atoms with Crippen LogP contribution in [0.1, 0.15) is 29.7 Å². The maximum atomic E-state index is 11.1. The van der Waals surface area contributed by atoms with E-state index in [2.05, 4.69) is 20.1 Å². The van der Waals surface area contributed by atoms with Gasteiger partial charge in [-0.3, -0.25) is 4.98 Å². The minimum absolute atomic E-state index is 0.121. The number of carbonyl (C=O) groups is 1. The summed E-state index contributed by atoms with van der Waals surface area (Å²) in [5.41, 5.74) is 2.73. The maximum Gasteiger partial charge on any atom is 0.407 e. The Morgan fingerprint density at radius 3 is 2.44 bits per heavy atom. The molecule has 0 spiro atoms. The van der Waals surface area contributed by atoms with Gasteiger partial charge in [0.2, 0.25) is 5.88 Å². The Bertz CT molecular complexity index is 1040. The first-order chi connectivity index (χ1) is 15.6. The third-order valence-corrected chi connectivity index (χ3v) is 5.16. The molecule has 1 fully saturated rings. The highest BCUT2D eigenvalue weighted by Crippen LogP contribution is 2.26. The van der Waals surface area contributed by atoms with E-state index in [9.17, 15) is 4.79 Å². The molecule has 1 aliphatic heterocycles. The number of rotatable bonds is 6. The van der Waals surface area contributed by atoms with Crippen molar-refractivity contribution in [2.75, 3.05) is 13.1 Å². The van der Waals surface area contributed by atoms with Crippen molar-refractivity contribution in [3.63, 3.8) is 0 Å². The van der Waals surface area contributed by atoms with E-state index in [0.29, 0.717) is 48.8 Å². The topological polar surface area (TPSA) is 110 Å². The van der Waals surface area contributed by atoms with Gasteiger partial charge in [-0.1, -0.05) is 41.6 Å². The fraction of sp³-hybridized carbons (Fsp3) is 0.261. The quantitative estimate of drug-likeness (QED) is 0.468. The largest absolute Gasteiger partial charge is 0.474 e. The van der Waals surface area contributed by atoms with Crippen LogP contribution < -0.4 is 9.57 Å². The van der Waals surface area contributed by atoms with Crippen LogP contribution >= 0.6 is 0 Å². The smallest absolute Gasteiger partial charge is 0.407 e. The van der Waals surface area contributed by atoms with E-state index in [4.69, 9.17) is 14.7 Å². The van der Waals surface area contributed by atoms with Gasteiger partial charge >= 0.3 is 6.09 Å². The van der Waals surface area contributed by atoms with E-state index >= 15 is 0 Å². The number of piperidine rings is 1. The fourth-order valence-electron chi connectivity index (χ4n) is 3.39. The Kier molecular flexibility index (Phi) is 6.54. The number of hydrogen-bond acceptors (Lipinski definition) is 7. The third-order valence-electron chi connectivity index (χ3n) is 5.16. The predicted octanol–water partition coefficient (Wildman–Crippen LogP) is 3.53. The average molecular weight is 433 g/mol. The molecule has 9 nitrogen and oxygen atoms in total. The number of pyridine rings is 1. The molecule has 4 rings (SSSR count). The molecule has 0 aliphatic carbocycles. The number of aromatic nitrogens is 3. The minimum atomic E-state index is -0.905. The Hall–Kier alpha value is -4.01. The van der Waals surface area contributed by atoms with Crippen LogP contribution in [-0.4, -0.2) is 56.0 Å². The van der Waals surface area contributed by atoms with Crippen molar-refractivity contribution in [1.29, 1.82) is 0 Å². The zero-order chi connectivity index (χ0) is 22.3. The number of benzene rings is 1. The molecular weight excluding hydrogens is 410 g/mol. The van der Waals surface area contributed by atoms with Crippen LogP contribution in [0.2, 0.25) is 0 Å². The Morgan fingerprint density at radius 2 is 1.75 bits per heavy atom. The molecular formula is C23H23N5O4. The third kappa shape index (κ3) is 5.00. The van der Waals surface area contributed by atoms with Crippen molar-refractivity contribution < 1.29 is 19.5 Å². The highest BCUT2D eigenvalue weighted by atomic mass is 16.6. The van der Waals surface area contributed by atoms with Crippen LogP contribution in [0.25, 0.3) is 0 Å². The SMILES string of the molecule is Cc1c(ON=C(c2ccccc2)c2ccccn2)ncnc1OC1CCN(C(=O)O)CC1. The zero-order valence-corrected chi connectivity index (χ0v) is 17.6. The highest BCUT2D eigenvalue weighted by molar-refractivity contribution is 6.11. The average Bonchev–Trinajstić information content (AvgIpc) is 2.83. The van der Waals surface area contributed by atoms with Crippen molar-refractivity contribution in [2.24, 2.45) is 5.16 Å². The van der Waals surface area contributed by atoms with Crippen molar-refractivity contribution in [2.45, 2.75) is 25.9 Å². The number of hydrogen-bond donors (Lipinski definition) is 1. The second-order valence-corrected chi connectivity index (χ2v) is 7.31. The molecule has 2 aromatic heterocycles. The van der Waals surface area contributed by atoms with Gasteiger partial charge in [0.1, 0.15) is 18.1 Å². The predicted molar refractivity (Wildman–Crippen MR) is 117 cm³/mol. The number of amides is 1. The van der Waals surface area contributed by atoms with Crippen molar-refractivity contribution in [3.8, 4) is 11.8 Å². The molecule has 0 bridgehead atoms. The normalized spacial score (nSPS) is 14.8. The van der Waals surface area contributed by atoms with Gasteiger partial charge in [0.05, 0.1) is 11.3 Å². The molecule has 9 heteroatoms. The molecule has 164 valence electrons. The van der Waals surface area contributed by atoms with Gasteiger partial charge in [-0.15, -0.1) is 0 Å². The van der Waals surface area contributed by atoms with Crippen molar-refractivity contribution in [1.82, 2.24) is 19.9 Å². The highest BCUT2D eigenvalue weighted by Gasteiger charge is 2.25. The second kappa shape index (κ2) is 9.86. The molecule has 1 aromatic carbocycles. The molecule has 0 atom stereocenters. The molecule has 1 saturated heterocycles. The second-order valence-electron chi connectivity index (χ2n) is 7.31. The van der Waals surface area contributed by atoms with Crippen LogP contribution in [0.15, 0.2) is 66.2 Å². The molecule has 1 aliphatic rings. The van der Waals surface area contributed by atoms with Gasteiger partial charge in [0, 0.05) is 37.7 Å². The van der Waals surface area contributed by atoms with Crippen molar-refractivity contribution >= 4 is 11.8 Å². The van der Waals surface area contributed by atoms with Gasteiger partial charge < -0.3 is 19.6 Å². The Labute approximate surface area is 185 Å². The monoisotopic (exact) mass is 433 g/mol. The van der Waals surface area contributed by atoms with E-state index in [1.807, 2.05) is 48.5 Å². The van der Waals surface area contributed by atoms with E-state index in [1.54, 1.807) is 13.1 Å². The van der Waals surface area contributed by atoms with E-state index in [0.717, 1.165) is 5.56 Å². The first kappa shape index (κ1) is 21.2. The number of carboxylic acid groups (broad SMARTS) is 1. The number of oxime groups is 1. The summed E-state index contributed by atoms with van der Waals surface area (Å²) in [4.78, 5) is 31.0. The summed E-state index contributed by atoms with van der Waals surface area (Å²) in [7, 11) is 0. The van der Waals surface area contributed by atoms with E-state index < -0.39 is 6.09 Å². The molecule has 3 aromatic rings. The lowest BCUT2D eigenvalue weighted by Gasteiger charge is -2.30. The minimum Gasteiger partial charge on any atom is -0.474 e. The van der Waals surface area contributed by atoms with Gasteiger partial charge in [-0.2, -0.15) is 4.98 Å². The summed E-state index contributed by atoms with van der Waals surface area (Å²) < 4.78 is 6.02. The Morgan fingerprint density at radius 1 is 1.03 bits per heavy atom. The van der Waals surface area contributed by atoms with Crippen LogP contribution in [0.5, 0.6) is 11.8 Å². The van der Waals surface area contributed by atoms with Gasteiger partial charge in [0.25, 0.3) is 5.88 Å². The Balaban J connectivity index is 1.52. The number of nitrogens with zero attached hydrogens (tertiary/aromatic N) is 5. The molecule has 3 heterocycles. The summed E-state index contributed by atoms with van der Waals surface area (Å²) >= 11 is 0.